The number of rotatable bonds is 10. The summed E-state index contributed by atoms with van der Waals surface area (Å²) in [5.74, 6) is 0.754. The summed E-state index contributed by atoms with van der Waals surface area (Å²) in [4.78, 5) is 23.8. The number of nitrogens with zero attached hydrogens (tertiary/aromatic N) is 1. The van der Waals surface area contributed by atoms with Crippen molar-refractivity contribution in [3.05, 3.63) is 23.8 Å². The average molecular weight is 339 g/mol. The maximum Gasteiger partial charge on any atom is 0.302 e. The van der Waals surface area contributed by atoms with E-state index in [1.807, 2.05) is 17.0 Å². The third-order valence-electron chi connectivity index (χ3n) is 3.24. The summed E-state index contributed by atoms with van der Waals surface area (Å²) in [6, 6.07) is 5.62. The molecule has 0 saturated carbocycles. The van der Waals surface area contributed by atoms with Gasteiger partial charge in [-0.2, -0.15) is 0 Å². The van der Waals surface area contributed by atoms with Crippen LogP contribution in [0.25, 0.3) is 0 Å². The van der Waals surface area contributed by atoms with Crippen molar-refractivity contribution < 1.29 is 28.5 Å². The number of ether oxygens (including phenoxy) is 4. The Morgan fingerprint density at radius 1 is 0.875 bits per heavy atom. The van der Waals surface area contributed by atoms with Crippen molar-refractivity contribution in [2.24, 2.45) is 0 Å². The molecule has 0 aliphatic carbocycles. The lowest BCUT2D eigenvalue weighted by Crippen LogP contribution is -2.31. The zero-order chi connectivity index (χ0) is 17.9. The fourth-order valence-corrected chi connectivity index (χ4v) is 2.12. The highest BCUT2D eigenvalue weighted by Crippen LogP contribution is 2.23. The van der Waals surface area contributed by atoms with Gasteiger partial charge in [-0.25, -0.2) is 0 Å². The van der Waals surface area contributed by atoms with Gasteiger partial charge in [0.05, 0.1) is 14.2 Å². The van der Waals surface area contributed by atoms with Crippen molar-refractivity contribution in [2.45, 2.75) is 20.4 Å². The first-order valence-corrected chi connectivity index (χ1v) is 7.65. The Balaban J connectivity index is 2.73. The molecule has 0 N–H and O–H groups in total. The van der Waals surface area contributed by atoms with Gasteiger partial charge >= 0.3 is 11.9 Å². The van der Waals surface area contributed by atoms with Crippen LogP contribution in [0.3, 0.4) is 0 Å². The largest absolute Gasteiger partial charge is 0.497 e. The summed E-state index contributed by atoms with van der Waals surface area (Å²) >= 11 is 0. The zero-order valence-electron chi connectivity index (χ0n) is 14.7. The van der Waals surface area contributed by atoms with Crippen LogP contribution in [0.5, 0.6) is 11.5 Å². The second-order valence-corrected chi connectivity index (χ2v) is 5.18. The molecule has 1 aromatic rings. The number of carbonyl (C=O) groups excluding carboxylic acids is 2. The molecule has 0 heterocycles. The van der Waals surface area contributed by atoms with Crippen molar-refractivity contribution in [3.63, 3.8) is 0 Å². The Bertz CT molecular complexity index is 504. The minimum absolute atomic E-state index is 0.274. The molecule has 0 spiro atoms. The van der Waals surface area contributed by atoms with Crippen LogP contribution in [0.2, 0.25) is 0 Å². The van der Waals surface area contributed by atoms with Crippen molar-refractivity contribution >= 4 is 11.9 Å². The molecule has 0 amide bonds. The van der Waals surface area contributed by atoms with Gasteiger partial charge in [0.1, 0.15) is 24.7 Å². The summed E-state index contributed by atoms with van der Waals surface area (Å²) in [5.41, 5.74) is 0.983. The van der Waals surface area contributed by atoms with Gasteiger partial charge in [0.15, 0.2) is 0 Å². The lowest BCUT2D eigenvalue weighted by Gasteiger charge is -2.22. The molecule has 0 aliphatic rings. The van der Waals surface area contributed by atoms with Crippen LogP contribution in [-0.4, -0.2) is 57.4 Å². The summed E-state index contributed by atoms with van der Waals surface area (Å²) < 4.78 is 20.5. The van der Waals surface area contributed by atoms with Gasteiger partial charge in [0.25, 0.3) is 0 Å². The van der Waals surface area contributed by atoms with Crippen LogP contribution in [0.15, 0.2) is 18.2 Å². The van der Waals surface area contributed by atoms with E-state index in [-0.39, 0.29) is 25.2 Å². The van der Waals surface area contributed by atoms with Crippen LogP contribution in [0.4, 0.5) is 0 Å². The van der Waals surface area contributed by atoms with Crippen molar-refractivity contribution in [1.82, 2.24) is 4.90 Å². The Morgan fingerprint density at radius 3 is 1.71 bits per heavy atom. The van der Waals surface area contributed by atoms with Gasteiger partial charge < -0.3 is 18.9 Å². The number of benzene rings is 1. The van der Waals surface area contributed by atoms with E-state index >= 15 is 0 Å². The second kappa shape index (κ2) is 10.5. The Hall–Kier alpha value is -2.28. The van der Waals surface area contributed by atoms with E-state index in [4.69, 9.17) is 18.9 Å². The Labute approximate surface area is 142 Å². The molecular formula is C17H25NO6. The second-order valence-electron chi connectivity index (χ2n) is 5.18. The SMILES string of the molecule is COc1cc(CN(CCOC(C)=O)CCOC(C)=O)cc(OC)c1. The van der Waals surface area contributed by atoms with E-state index in [0.717, 1.165) is 5.56 Å². The van der Waals surface area contributed by atoms with E-state index in [1.54, 1.807) is 20.3 Å². The first-order valence-electron chi connectivity index (χ1n) is 7.65. The zero-order valence-corrected chi connectivity index (χ0v) is 14.7. The number of hydrogen-bond donors (Lipinski definition) is 0. The van der Waals surface area contributed by atoms with E-state index in [1.165, 1.54) is 13.8 Å². The van der Waals surface area contributed by atoms with Crippen LogP contribution in [0, 0.1) is 0 Å². The minimum Gasteiger partial charge on any atom is -0.497 e. The highest BCUT2D eigenvalue weighted by molar-refractivity contribution is 5.66. The van der Waals surface area contributed by atoms with Crippen molar-refractivity contribution in [1.29, 1.82) is 0 Å². The molecule has 7 nitrogen and oxygen atoms in total. The van der Waals surface area contributed by atoms with E-state index in [9.17, 15) is 9.59 Å². The van der Waals surface area contributed by atoms with Crippen LogP contribution < -0.4 is 9.47 Å². The average Bonchev–Trinajstić information content (AvgIpc) is 2.53. The van der Waals surface area contributed by atoms with Gasteiger partial charge in [0, 0.05) is 39.5 Å². The quantitative estimate of drug-likeness (QED) is 0.600. The summed E-state index contributed by atoms with van der Waals surface area (Å²) in [6.07, 6.45) is 0. The first-order chi connectivity index (χ1) is 11.4. The molecule has 134 valence electrons. The van der Waals surface area contributed by atoms with Gasteiger partial charge in [-0.05, 0) is 17.7 Å². The van der Waals surface area contributed by atoms with Crippen LogP contribution >= 0.6 is 0 Å². The van der Waals surface area contributed by atoms with E-state index in [0.29, 0.717) is 31.1 Å². The lowest BCUT2D eigenvalue weighted by atomic mass is 10.2. The van der Waals surface area contributed by atoms with Gasteiger partial charge in [0.2, 0.25) is 0 Å². The highest BCUT2D eigenvalue weighted by Gasteiger charge is 2.10. The maximum atomic E-state index is 10.9. The molecule has 0 fully saturated rings. The number of carbonyl (C=O) groups is 2. The molecule has 0 aromatic heterocycles. The normalized spacial score (nSPS) is 10.4. The third kappa shape index (κ3) is 7.82. The predicted molar refractivity (Wildman–Crippen MR) is 88.1 cm³/mol. The van der Waals surface area contributed by atoms with Crippen molar-refractivity contribution in [3.8, 4) is 11.5 Å². The van der Waals surface area contributed by atoms with E-state index in [2.05, 4.69) is 0 Å². The molecule has 0 saturated heterocycles. The fourth-order valence-electron chi connectivity index (χ4n) is 2.12. The molecule has 1 rings (SSSR count). The molecule has 0 radical (unpaired) electrons. The summed E-state index contributed by atoms with van der Waals surface area (Å²) in [6.45, 7) is 4.93. The van der Waals surface area contributed by atoms with Gasteiger partial charge in [-0.1, -0.05) is 0 Å². The fraction of sp³-hybridized carbons (Fsp3) is 0.529. The summed E-state index contributed by atoms with van der Waals surface area (Å²) in [7, 11) is 3.19. The predicted octanol–water partition coefficient (Wildman–Crippen LogP) is 1.63. The molecular weight excluding hydrogens is 314 g/mol. The molecule has 7 heteroatoms. The lowest BCUT2D eigenvalue weighted by molar-refractivity contribution is -0.141. The van der Waals surface area contributed by atoms with Gasteiger partial charge in [-0.3, -0.25) is 14.5 Å². The highest BCUT2D eigenvalue weighted by atomic mass is 16.5. The minimum atomic E-state index is -0.321. The number of hydrogen-bond acceptors (Lipinski definition) is 7. The molecule has 0 atom stereocenters. The van der Waals surface area contributed by atoms with Crippen molar-refractivity contribution in [2.75, 3.05) is 40.5 Å². The Morgan fingerprint density at radius 2 is 1.33 bits per heavy atom. The Kier molecular flexibility index (Phi) is 8.64. The molecule has 0 bridgehead atoms. The number of esters is 2. The molecule has 1 aromatic carbocycles. The topological polar surface area (TPSA) is 74.3 Å². The van der Waals surface area contributed by atoms with Crippen LogP contribution in [-0.2, 0) is 25.6 Å². The first kappa shape index (κ1) is 19.8. The standard InChI is InChI=1S/C17H25NO6/c1-13(19)23-7-5-18(6-8-24-14(2)20)12-15-9-16(21-3)11-17(10-15)22-4/h9-11H,5-8,12H2,1-4H3. The monoisotopic (exact) mass is 339 g/mol. The summed E-state index contributed by atoms with van der Waals surface area (Å²) in [5, 5.41) is 0. The van der Waals surface area contributed by atoms with E-state index < -0.39 is 0 Å². The molecule has 0 aliphatic heterocycles. The van der Waals surface area contributed by atoms with Gasteiger partial charge in [-0.15, -0.1) is 0 Å². The smallest absolute Gasteiger partial charge is 0.302 e. The maximum absolute atomic E-state index is 10.9. The molecule has 24 heavy (non-hydrogen) atoms. The third-order valence-corrected chi connectivity index (χ3v) is 3.24. The van der Waals surface area contributed by atoms with Crippen LogP contribution in [0.1, 0.15) is 19.4 Å². The molecule has 0 unspecified atom stereocenters. The number of methoxy groups -OCH3 is 2.